The molecule has 0 saturated heterocycles. The molecule has 0 spiro atoms. The highest BCUT2D eigenvalue weighted by atomic mass is 35.5. The van der Waals surface area contributed by atoms with Crippen molar-refractivity contribution in [3.63, 3.8) is 0 Å². The molecule has 2 nitrogen and oxygen atoms in total. The zero-order valence-electron chi connectivity index (χ0n) is 9.99. The van der Waals surface area contributed by atoms with Crippen LogP contribution in [0, 0.1) is 0 Å². The average Bonchev–Trinajstić information content (AvgIpc) is 2.33. The molecule has 0 aliphatic heterocycles. The van der Waals surface area contributed by atoms with Gasteiger partial charge in [-0.1, -0.05) is 30.3 Å². The summed E-state index contributed by atoms with van der Waals surface area (Å²) in [5.41, 5.74) is 0.628. The van der Waals surface area contributed by atoms with Crippen LogP contribution >= 0.6 is 11.6 Å². The number of benzene rings is 1. The van der Waals surface area contributed by atoms with Gasteiger partial charge in [-0.15, -0.1) is 11.6 Å². The smallest absolute Gasteiger partial charge is 0.158 e. The number of rotatable bonds is 5. The van der Waals surface area contributed by atoms with Crippen molar-refractivity contribution in [2.45, 2.75) is 36.7 Å². The lowest BCUT2D eigenvalue weighted by Gasteiger charge is -2.40. The van der Waals surface area contributed by atoms with Crippen LogP contribution in [0.25, 0.3) is 0 Å². The second kappa shape index (κ2) is 5.19. The van der Waals surface area contributed by atoms with Crippen molar-refractivity contribution in [2.24, 2.45) is 0 Å². The van der Waals surface area contributed by atoms with Crippen LogP contribution in [-0.2, 0) is 9.53 Å². The van der Waals surface area contributed by atoms with E-state index in [1.54, 1.807) is 7.11 Å². The Bertz CT molecular complexity index is 379. The molecule has 17 heavy (non-hydrogen) atoms. The van der Waals surface area contributed by atoms with Crippen LogP contribution in [0.3, 0.4) is 0 Å². The number of hydrogen-bond donors (Lipinski definition) is 0. The molecule has 1 unspecified atom stereocenters. The SMILES string of the molecule is COC1(CC(=O)C(Cl)c2ccccc2)CCC1. The number of ether oxygens (including phenoxy) is 1. The molecule has 1 saturated carbocycles. The lowest BCUT2D eigenvalue weighted by Crippen LogP contribution is -2.41. The molecule has 1 aromatic carbocycles. The van der Waals surface area contributed by atoms with E-state index in [1.807, 2.05) is 30.3 Å². The van der Waals surface area contributed by atoms with E-state index in [0.29, 0.717) is 6.42 Å². The van der Waals surface area contributed by atoms with E-state index < -0.39 is 5.38 Å². The van der Waals surface area contributed by atoms with Gasteiger partial charge in [0.25, 0.3) is 0 Å². The van der Waals surface area contributed by atoms with E-state index in [0.717, 1.165) is 24.8 Å². The summed E-state index contributed by atoms with van der Waals surface area (Å²) in [5.74, 6) is 0.0550. The summed E-state index contributed by atoms with van der Waals surface area (Å²) in [6, 6.07) is 9.48. The third kappa shape index (κ3) is 2.70. The monoisotopic (exact) mass is 252 g/mol. The van der Waals surface area contributed by atoms with Crippen molar-refractivity contribution in [1.29, 1.82) is 0 Å². The molecule has 1 aliphatic carbocycles. The first kappa shape index (κ1) is 12.6. The highest BCUT2D eigenvalue weighted by Crippen LogP contribution is 2.40. The molecule has 92 valence electrons. The Morgan fingerprint density at radius 3 is 2.53 bits per heavy atom. The fourth-order valence-electron chi connectivity index (χ4n) is 2.24. The van der Waals surface area contributed by atoms with E-state index in [-0.39, 0.29) is 11.4 Å². The fourth-order valence-corrected chi connectivity index (χ4v) is 2.46. The number of Topliss-reactive ketones (excluding diaryl/α,β-unsaturated/α-hetero) is 1. The lowest BCUT2D eigenvalue weighted by molar-refractivity contribution is -0.132. The van der Waals surface area contributed by atoms with Gasteiger partial charge in [-0.3, -0.25) is 4.79 Å². The van der Waals surface area contributed by atoms with Gasteiger partial charge in [-0.05, 0) is 24.8 Å². The molecule has 1 atom stereocenters. The zero-order chi connectivity index (χ0) is 12.3. The third-order valence-electron chi connectivity index (χ3n) is 3.57. The van der Waals surface area contributed by atoms with Crippen molar-refractivity contribution in [3.05, 3.63) is 35.9 Å². The minimum atomic E-state index is -0.552. The van der Waals surface area contributed by atoms with Crippen LogP contribution in [0.2, 0.25) is 0 Å². The first-order valence-electron chi connectivity index (χ1n) is 5.94. The normalized spacial score (nSPS) is 19.4. The van der Waals surface area contributed by atoms with E-state index in [2.05, 4.69) is 0 Å². The quantitative estimate of drug-likeness (QED) is 0.750. The van der Waals surface area contributed by atoms with Crippen LogP contribution in [0.4, 0.5) is 0 Å². The molecule has 0 amide bonds. The van der Waals surface area contributed by atoms with Crippen molar-refractivity contribution in [3.8, 4) is 0 Å². The molecule has 2 rings (SSSR count). The summed E-state index contributed by atoms with van der Waals surface area (Å²) >= 11 is 6.20. The second-order valence-electron chi connectivity index (χ2n) is 4.66. The van der Waals surface area contributed by atoms with Gasteiger partial charge in [0.05, 0.1) is 5.60 Å². The van der Waals surface area contributed by atoms with Crippen molar-refractivity contribution >= 4 is 17.4 Å². The van der Waals surface area contributed by atoms with Crippen LogP contribution in [0.15, 0.2) is 30.3 Å². The van der Waals surface area contributed by atoms with Crippen molar-refractivity contribution in [2.75, 3.05) is 7.11 Å². The number of carbonyl (C=O) groups is 1. The number of carbonyl (C=O) groups excluding carboxylic acids is 1. The molecule has 0 radical (unpaired) electrons. The van der Waals surface area contributed by atoms with Gasteiger partial charge in [0.2, 0.25) is 0 Å². The number of ketones is 1. The highest BCUT2D eigenvalue weighted by molar-refractivity contribution is 6.31. The molecule has 1 aliphatic rings. The maximum atomic E-state index is 12.1. The third-order valence-corrected chi connectivity index (χ3v) is 4.06. The molecule has 0 N–H and O–H groups in total. The molecule has 0 bridgehead atoms. The van der Waals surface area contributed by atoms with Crippen LogP contribution in [-0.4, -0.2) is 18.5 Å². The van der Waals surface area contributed by atoms with Crippen molar-refractivity contribution < 1.29 is 9.53 Å². The molecule has 1 aromatic rings. The van der Waals surface area contributed by atoms with Gasteiger partial charge in [-0.25, -0.2) is 0 Å². The molecule has 3 heteroatoms. The number of methoxy groups -OCH3 is 1. The number of hydrogen-bond acceptors (Lipinski definition) is 2. The van der Waals surface area contributed by atoms with Crippen LogP contribution < -0.4 is 0 Å². The molecular formula is C14H17ClO2. The molecule has 0 heterocycles. The predicted molar refractivity (Wildman–Crippen MR) is 68.3 cm³/mol. The Balaban J connectivity index is 2.01. The molecular weight excluding hydrogens is 236 g/mol. The van der Waals surface area contributed by atoms with Gasteiger partial charge in [0.15, 0.2) is 5.78 Å². The zero-order valence-corrected chi connectivity index (χ0v) is 10.7. The van der Waals surface area contributed by atoms with Crippen LogP contribution in [0.5, 0.6) is 0 Å². The first-order valence-corrected chi connectivity index (χ1v) is 6.37. The standard InChI is InChI=1S/C14H17ClO2/c1-17-14(8-5-9-14)10-12(16)13(15)11-6-3-2-4-7-11/h2-4,6-7,13H,5,8-10H2,1H3. The summed E-state index contributed by atoms with van der Waals surface area (Å²) in [6.45, 7) is 0. The maximum absolute atomic E-state index is 12.1. The second-order valence-corrected chi connectivity index (χ2v) is 5.09. The molecule has 0 aromatic heterocycles. The summed E-state index contributed by atoms with van der Waals surface area (Å²) in [7, 11) is 1.68. The van der Waals surface area contributed by atoms with E-state index in [9.17, 15) is 4.79 Å². The van der Waals surface area contributed by atoms with E-state index in [4.69, 9.17) is 16.3 Å². The summed E-state index contributed by atoms with van der Waals surface area (Å²) < 4.78 is 5.45. The van der Waals surface area contributed by atoms with Gasteiger partial charge >= 0.3 is 0 Å². The van der Waals surface area contributed by atoms with Gasteiger partial charge in [0.1, 0.15) is 5.38 Å². The van der Waals surface area contributed by atoms with Gasteiger partial charge < -0.3 is 4.74 Å². The summed E-state index contributed by atoms with van der Waals surface area (Å²) in [6.07, 6.45) is 3.49. The molecule has 1 fully saturated rings. The maximum Gasteiger partial charge on any atom is 0.158 e. The Labute approximate surface area is 107 Å². The van der Waals surface area contributed by atoms with Crippen LogP contribution in [0.1, 0.15) is 36.6 Å². The summed E-state index contributed by atoms with van der Waals surface area (Å²) in [4.78, 5) is 12.1. The summed E-state index contributed by atoms with van der Waals surface area (Å²) in [5, 5.41) is -0.552. The Morgan fingerprint density at radius 2 is 2.06 bits per heavy atom. The fraction of sp³-hybridized carbons (Fsp3) is 0.500. The first-order chi connectivity index (χ1) is 8.17. The Morgan fingerprint density at radius 1 is 1.41 bits per heavy atom. The number of halogens is 1. The Kier molecular flexibility index (Phi) is 3.85. The van der Waals surface area contributed by atoms with E-state index in [1.165, 1.54) is 0 Å². The average molecular weight is 253 g/mol. The lowest BCUT2D eigenvalue weighted by atomic mass is 9.76. The minimum Gasteiger partial charge on any atom is -0.378 e. The minimum absolute atomic E-state index is 0.0550. The topological polar surface area (TPSA) is 26.3 Å². The van der Waals surface area contributed by atoms with Crippen molar-refractivity contribution in [1.82, 2.24) is 0 Å². The number of alkyl halides is 1. The van der Waals surface area contributed by atoms with Gasteiger partial charge in [-0.2, -0.15) is 0 Å². The predicted octanol–water partition coefficient (Wildman–Crippen LogP) is 3.49. The Hall–Kier alpha value is -0.860. The van der Waals surface area contributed by atoms with Gasteiger partial charge in [0, 0.05) is 13.5 Å². The largest absolute Gasteiger partial charge is 0.378 e. The highest BCUT2D eigenvalue weighted by Gasteiger charge is 2.40. The van der Waals surface area contributed by atoms with E-state index >= 15 is 0 Å².